The van der Waals surface area contributed by atoms with Crippen LogP contribution in [0.2, 0.25) is 0 Å². The maximum absolute atomic E-state index is 5.02. The molecule has 7 heteroatoms. The number of benzene rings is 11. The fourth-order valence-electron chi connectivity index (χ4n) is 9.59. The highest BCUT2D eigenvalue weighted by molar-refractivity contribution is 6.08. The minimum absolute atomic E-state index is 0.596. The molecule has 2 aromatic heterocycles. The highest BCUT2D eigenvalue weighted by Crippen LogP contribution is 2.39. The van der Waals surface area contributed by atoms with Crippen LogP contribution in [0.1, 0.15) is 0 Å². The summed E-state index contributed by atoms with van der Waals surface area (Å²) in [5.41, 5.74) is 10.8. The van der Waals surface area contributed by atoms with Gasteiger partial charge in [-0.05, 0) is 116 Å². The molecular weight excluding hydrogens is 891 g/mol. The van der Waals surface area contributed by atoms with Gasteiger partial charge in [0.2, 0.25) is 0 Å². The Bertz CT molecular complexity index is 3830. The first-order valence-electron chi connectivity index (χ1n) is 24.3. The Morgan fingerprint density at radius 3 is 0.959 bits per heavy atom. The van der Waals surface area contributed by atoms with Crippen molar-refractivity contribution in [1.29, 1.82) is 0 Å². The molecule has 0 aliphatic heterocycles. The molecule has 0 amide bonds. The van der Waals surface area contributed by atoms with Crippen LogP contribution < -0.4 is 4.90 Å². The fourth-order valence-corrected chi connectivity index (χ4v) is 9.59. The lowest BCUT2D eigenvalue weighted by Gasteiger charge is -2.26. The van der Waals surface area contributed by atoms with E-state index in [0.29, 0.717) is 34.9 Å². The van der Waals surface area contributed by atoms with Crippen molar-refractivity contribution in [2.75, 3.05) is 4.90 Å². The van der Waals surface area contributed by atoms with E-state index in [0.717, 1.165) is 61.2 Å². The Labute approximate surface area is 422 Å². The van der Waals surface area contributed by atoms with Crippen LogP contribution in [0.15, 0.2) is 261 Å². The first-order chi connectivity index (χ1) is 36.1. The molecule has 0 fully saturated rings. The van der Waals surface area contributed by atoms with Crippen molar-refractivity contribution in [2.24, 2.45) is 0 Å². The lowest BCUT2D eigenvalue weighted by molar-refractivity contribution is 1.07. The third kappa shape index (κ3) is 8.62. The minimum Gasteiger partial charge on any atom is -0.310 e. The monoisotopic (exact) mass is 933 g/mol. The van der Waals surface area contributed by atoms with Gasteiger partial charge in [-0.1, -0.05) is 188 Å². The van der Waals surface area contributed by atoms with Crippen molar-refractivity contribution >= 4 is 49.4 Å². The Morgan fingerprint density at radius 1 is 0.192 bits per heavy atom. The predicted octanol–water partition coefficient (Wildman–Crippen LogP) is 16.7. The number of hydrogen-bond donors (Lipinski definition) is 0. The average Bonchev–Trinajstić information content (AvgIpc) is 3.48. The molecule has 73 heavy (non-hydrogen) atoms. The van der Waals surface area contributed by atoms with Gasteiger partial charge in [0.05, 0.1) is 0 Å². The predicted molar refractivity (Wildman–Crippen MR) is 298 cm³/mol. The molecular formula is C66H43N7. The summed E-state index contributed by atoms with van der Waals surface area (Å²) in [5.74, 6) is 3.67. The topological polar surface area (TPSA) is 80.6 Å². The average molecular weight is 934 g/mol. The second-order valence-corrected chi connectivity index (χ2v) is 18.0. The van der Waals surface area contributed by atoms with Crippen LogP contribution in [0.25, 0.3) is 112 Å². The molecule has 0 bridgehead atoms. The highest BCUT2D eigenvalue weighted by Gasteiger charge is 2.18. The van der Waals surface area contributed by atoms with Gasteiger partial charge in [0.1, 0.15) is 0 Å². The maximum Gasteiger partial charge on any atom is 0.164 e. The van der Waals surface area contributed by atoms with Crippen molar-refractivity contribution in [3.8, 4) is 79.5 Å². The second-order valence-electron chi connectivity index (χ2n) is 18.0. The van der Waals surface area contributed by atoms with Gasteiger partial charge in [-0.3, -0.25) is 0 Å². The third-order valence-corrected chi connectivity index (χ3v) is 13.3. The second kappa shape index (κ2) is 18.7. The lowest BCUT2D eigenvalue weighted by atomic mass is 9.96. The van der Waals surface area contributed by atoms with Crippen LogP contribution in [0.4, 0.5) is 17.1 Å². The highest BCUT2D eigenvalue weighted by atomic mass is 15.1. The summed E-state index contributed by atoms with van der Waals surface area (Å²) in [6.07, 6.45) is 0. The molecule has 13 aromatic rings. The molecule has 0 saturated carbocycles. The van der Waals surface area contributed by atoms with Crippen LogP contribution in [-0.4, -0.2) is 29.9 Å². The Balaban J connectivity index is 0.895. The summed E-state index contributed by atoms with van der Waals surface area (Å²) in [5, 5.41) is 7.30. The zero-order chi connectivity index (χ0) is 48.5. The van der Waals surface area contributed by atoms with Crippen molar-refractivity contribution in [3.05, 3.63) is 261 Å². The molecule has 0 unspecified atom stereocenters. The van der Waals surface area contributed by atoms with E-state index in [-0.39, 0.29) is 0 Å². The molecule has 0 N–H and O–H groups in total. The van der Waals surface area contributed by atoms with Crippen molar-refractivity contribution in [2.45, 2.75) is 0 Å². The number of aromatic nitrogens is 6. The molecule has 0 aliphatic rings. The smallest absolute Gasteiger partial charge is 0.164 e. The van der Waals surface area contributed by atoms with Crippen LogP contribution >= 0.6 is 0 Å². The summed E-state index contributed by atoms with van der Waals surface area (Å²) in [7, 11) is 0. The van der Waals surface area contributed by atoms with Crippen molar-refractivity contribution < 1.29 is 0 Å². The summed E-state index contributed by atoms with van der Waals surface area (Å²) >= 11 is 0. The zero-order valence-corrected chi connectivity index (χ0v) is 39.5. The van der Waals surface area contributed by atoms with E-state index in [1.165, 1.54) is 32.7 Å². The summed E-state index contributed by atoms with van der Waals surface area (Å²) in [6.45, 7) is 0. The molecule has 0 spiro atoms. The van der Waals surface area contributed by atoms with Crippen molar-refractivity contribution in [3.63, 3.8) is 0 Å². The van der Waals surface area contributed by atoms with E-state index in [2.05, 4.69) is 144 Å². The summed E-state index contributed by atoms with van der Waals surface area (Å²) < 4.78 is 0. The van der Waals surface area contributed by atoms with Gasteiger partial charge in [0.15, 0.2) is 34.9 Å². The lowest BCUT2D eigenvalue weighted by Crippen LogP contribution is -2.10. The van der Waals surface area contributed by atoms with Gasteiger partial charge < -0.3 is 4.90 Å². The fraction of sp³-hybridized carbons (Fsp3) is 0. The van der Waals surface area contributed by atoms with E-state index < -0.39 is 0 Å². The van der Waals surface area contributed by atoms with Gasteiger partial charge in [-0.15, -0.1) is 0 Å². The van der Waals surface area contributed by atoms with Crippen LogP contribution in [-0.2, 0) is 0 Å². The van der Waals surface area contributed by atoms with Crippen molar-refractivity contribution in [1.82, 2.24) is 29.9 Å². The number of anilines is 3. The molecule has 7 nitrogen and oxygen atoms in total. The number of nitrogens with zero attached hydrogens (tertiary/aromatic N) is 7. The van der Waals surface area contributed by atoms with Crippen LogP contribution in [0.3, 0.4) is 0 Å². The minimum atomic E-state index is 0.596. The normalized spacial score (nSPS) is 11.3. The first kappa shape index (κ1) is 43.1. The first-order valence-corrected chi connectivity index (χ1v) is 24.3. The van der Waals surface area contributed by atoms with E-state index in [1.807, 2.05) is 121 Å². The Morgan fingerprint density at radius 2 is 0.493 bits per heavy atom. The van der Waals surface area contributed by atoms with Crippen LogP contribution in [0, 0.1) is 0 Å². The molecule has 342 valence electrons. The SMILES string of the molecule is c1ccc(-c2nc(-c3ccccc3)nc(-c3ccc(N(c4ccc(-c5nc(-c6ccccc6)nc(-c6ccccc6)n5)cc4)c4ccc5cc(-c6ccc7c(ccc8ccccc87)c6)ccc5c4)cc3)n2)cc1. The van der Waals surface area contributed by atoms with E-state index in [4.69, 9.17) is 29.9 Å². The Kier molecular flexibility index (Phi) is 11.1. The van der Waals surface area contributed by atoms with E-state index >= 15 is 0 Å². The molecule has 0 radical (unpaired) electrons. The number of hydrogen-bond acceptors (Lipinski definition) is 7. The maximum atomic E-state index is 5.02. The molecule has 0 atom stereocenters. The molecule has 0 aliphatic carbocycles. The van der Waals surface area contributed by atoms with Gasteiger partial charge in [0.25, 0.3) is 0 Å². The van der Waals surface area contributed by atoms with E-state index in [9.17, 15) is 0 Å². The zero-order valence-electron chi connectivity index (χ0n) is 39.5. The van der Waals surface area contributed by atoms with Gasteiger partial charge >= 0.3 is 0 Å². The quantitative estimate of drug-likeness (QED) is 0.126. The van der Waals surface area contributed by atoms with E-state index in [1.54, 1.807) is 0 Å². The summed E-state index contributed by atoms with van der Waals surface area (Å²) in [6, 6.07) is 90.4. The Hall–Kier alpha value is -9.98. The molecule has 0 saturated heterocycles. The van der Waals surface area contributed by atoms with Gasteiger partial charge in [0, 0.05) is 50.4 Å². The molecule has 13 rings (SSSR count). The molecule has 11 aromatic carbocycles. The summed E-state index contributed by atoms with van der Waals surface area (Å²) in [4.78, 5) is 32.2. The van der Waals surface area contributed by atoms with Gasteiger partial charge in [-0.2, -0.15) is 0 Å². The third-order valence-electron chi connectivity index (χ3n) is 13.3. The van der Waals surface area contributed by atoms with Gasteiger partial charge in [-0.25, -0.2) is 29.9 Å². The number of rotatable bonds is 10. The largest absolute Gasteiger partial charge is 0.310 e. The number of fused-ring (bicyclic) bond motifs is 4. The molecule has 2 heterocycles. The van der Waals surface area contributed by atoms with Crippen LogP contribution in [0.5, 0.6) is 0 Å². The standard InChI is InChI=1S/C66H43N7/c1-5-16-45(17-6-1)61-67-62(46-18-7-2-8-19-46)70-65(69-61)49-29-35-56(36-30-49)73(57-37-31-50(32-38-57)66-71-63(47-20-9-3-10-21-47)68-64(72-66)48-22-11-4-12-23-48)58-39-33-52-41-51(26-27-54(52)43-58)53-34-40-60-55(42-53)28-25-44-15-13-14-24-59(44)60/h1-43H.